The topological polar surface area (TPSA) is 83.5 Å². The highest BCUT2D eigenvalue weighted by molar-refractivity contribution is 7.92. The molecular formula is C14H11Cl2NO4S. The molecule has 0 fully saturated rings. The SMILES string of the molecule is Cc1ccc(C(=O)O)c(NS(=O)(=O)c2cc(Cl)cc(Cl)c2)c1. The number of carboxylic acids is 1. The van der Waals surface area contributed by atoms with Crippen molar-refractivity contribution in [2.75, 3.05) is 4.72 Å². The van der Waals surface area contributed by atoms with Crippen LogP contribution in [0.1, 0.15) is 15.9 Å². The summed E-state index contributed by atoms with van der Waals surface area (Å²) in [7, 11) is -4.01. The molecule has 0 saturated heterocycles. The van der Waals surface area contributed by atoms with Crippen LogP contribution in [0.5, 0.6) is 0 Å². The molecule has 0 spiro atoms. The Balaban J connectivity index is 2.49. The number of hydrogen-bond donors (Lipinski definition) is 2. The van der Waals surface area contributed by atoms with Gasteiger partial charge in [-0.3, -0.25) is 4.72 Å². The van der Waals surface area contributed by atoms with E-state index in [0.717, 1.165) is 0 Å². The lowest BCUT2D eigenvalue weighted by molar-refractivity contribution is 0.0698. The van der Waals surface area contributed by atoms with Gasteiger partial charge in [-0.1, -0.05) is 29.3 Å². The highest BCUT2D eigenvalue weighted by Crippen LogP contribution is 2.26. The Bertz CT molecular complexity index is 830. The molecule has 2 rings (SSSR count). The van der Waals surface area contributed by atoms with Gasteiger partial charge in [-0.05, 0) is 42.8 Å². The lowest BCUT2D eigenvalue weighted by Crippen LogP contribution is -2.15. The van der Waals surface area contributed by atoms with Crippen molar-refractivity contribution in [2.24, 2.45) is 0 Å². The highest BCUT2D eigenvalue weighted by Gasteiger charge is 2.19. The molecule has 0 heterocycles. The van der Waals surface area contributed by atoms with Gasteiger partial charge in [0, 0.05) is 10.0 Å². The number of hydrogen-bond acceptors (Lipinski definition) is 3. The second-order valence-corrected chi connectivity index (χ2v) is 7.12. The highest BCUT2D eigenvalue weighted by atomic mass is 35.5. The Morgan fingerprint density at radius 2 is 1.68 bits per heavy atom. The summed E-state index contributed by atoms with van der Waals surface area (Å²) < 4.78 is 27.0. The number of nitrogens with one attached hydrogen (secondary N) is 1. The molecule has 0 amide bonds. The number of carboxylic acid groups (broad SMARTS) is 1. The number of anilines is 1. The fourth-order valence-electron chi connectivity index (χ4n) is 1.82. The Morgan fingerprint density at radius 3 is 2.23 bits per heavy atom. The van der Waals surface area contributed by atoms with Crippen molar-refractivity contribution in [1.29, 1.82) is 0 Å². The monoisotopic (exact) mass is 359 g/mol. The van der Waals surface area contributed by atoms with Crippen molar-refractivity contribution in [3.8, 4) is 0 Å². The van der Waals surface area contributed by atoms with Crippen LogP contribution in [0.4, 0.5) is 5.69 Å². The van der Waals surface area contributed by atoms with Crippen molar-refractivity contribution in [3.05, 3.63) is 57.6 Å². The first-order chi connectivity index (χ1) is 10.2. The molecule has 8 heteroatoms. The number of benzene rings is 2. The Kier molecular flexibility index (Phi) is 4.65. The van der Waals surface area contributed by atoms with Crippen molar-refractivity contribution < 1.29 is 18.3 Å². The van der Waals surface area contributed by atoms with Gasteiger partial charge in [0.05, 0.1) is 16.1 Å². The fraction of sp³-hybridized carbons (Fsp3) is 0.0714. The Hall–Kier alpha value is -1.76. The van der Waals surface area contributed by atoms with Crippen LogP contribution in [0.3, 0.4) is 0 Å². The molecule has 0 atom stereocenters. The average Bonchev–Trinajstić information content (AvgIpc) is 2.36. The molecule has 2 aromatic carbocycles. The fourth-order valence-corrected chi connectivity index (χ4v) is 3.61. The third-order valence-corrected chi connectivity index (χ3v) is 4.58. The van der Waals surface area contributed by atoms with Crippen molar-refractivity contribution in [1.82, 2.24) is 0 Å². The molecule has 0 bridgehead atoms. The zero-order valence-electron chi connectivity index (χ0n) is 11.3. The lowest BCUT2D eigenvalue weighted by Gasteiger charge is -2.12. The van der Waals surface area contributed by atoms with Crippen molar-refractivity contribution >= 4 is 44.9 Å². The summed E-state index contributed by atoms with van der Waals surface area (Å²) in [5.41, 5.74) is 0.540. The number of aryl methyl sites for hydroxylation is 1. The van der Waals surface area contributed by atoms with E-state index < -0.39 is 16.0 Å². The van der Waals surface area contributed by atoms with E-state index in [-0.39, 0.29) is 26.2 Å². The van der Waals surface area contributed by atoms with Gasteiger partial charge in [-0.15, -0.1) is 0 Å². The maximum absolute atomic E-state index is 12.4. The van der Waals surface area contributed by atoms with E-state index in [4.69, 9.17) is 28.3 Å². The van der Waals surface area contributed by atoms with Crippen LogP contribution in [0.2, 0.25) is 10.0 Å². The first-order valence-corrected chi connectivity index (χ1v) is 8.26. The zero-order chi connectivity index (χ0) is 16.5. The molecule has 0 saturated carbocycles. The zero-order valence-corrected chi connectivity index (χ0v) is 13.6. The predicted molar refractivity (Wildman–Crippen MR) is 85.4 cm³/mol. The van der Waals surface area contributed by atoms with Crippen LogP contribution in [-0.4, -0.2) is 19.5 Å². The molecule has 2 N–H and O–H groups in total. The first kappa shape index (κ1) is 16.6. The molecule has 2 aromatic rings. The molecule has 0 radical (unpaired) electrons. The number of carbonyl (C=O) groups is 1. The largest absolute Gasteiger partial charge is 0.478 e. The van der Waals surface area contributed by atoms with Gasteiger partial charge in [0.25, 0.3) is 10.0 Å². The lowest BCUT2D eigenvalue weighted by atomic mass is 10.1. The van der Waals surface area contributed by atoms with Gasteiger partial charge in [-0.2, -0.15) is 0 Å². The number of aromatic carboxylic acids is 1. The number of halogens is 2. The molecule has 0 aliphatic carbocycles. The Morgan fingerprint density at radius 1 is 1.09 bits per heavy atom. The summed E-state index contributed by atoms with van der Waals surface area (Å²) >= 11 is 11.6. The minimum absolute atomic E-state index is 0.0244. The van der Waals surface area contributed by atoms with Crippen LogP contribution < -0.4 is 4.72 Å². The second kappa shape index (κ2) is 6.16. The van der Waals surface area contributed by atoms with Crippen LogP contribution in [0, 0.1) is 6.92 Å². The van der Waals surface area contributed by atoms with Gasteiger partial charge in [0.2, 0.25) is 0 Å². The second-order valence-electron chi connectivity index (χ2n) is 4.56. The maximum atomic E-state index is 12.4. The molecule has 0 aromatic heterocycles. The summed E-state index contributed by atoms with van der Waals surface area (Å²) in [4.78, 5) is 11.0. The summed E-state index contributed by atoms with van der Waals surface area (Å²) in [6, 6.07) is 8.21. The van der Waals surface area contributed by atoms with E-state index in [0.29, 0.717) is 5.56 Å². The summed E-state index contributed by atoms with van der Waals surface area (Å²) in [5.74, 6) is -1.23. The first-order valence-electron chi connectivity index (χ1n) is 6.02. The summed E-state index contributed by atoms with van der Waals surface area (Å²) in [5, 5.41) is 9.46. The van der Waals surface area contributed by atoms with Gasteiger partial charge in [0.15, 0.2) is 0 Å². The molecule has 0 aliphatic heterocycles. The predicted octanol–water partition coefficient (Wildman–Crippen LogP) is 3.80. The third-order valence-electron chi connectivity index (χ3n) is 2.80. The van der Waals surface area contributed by atoms with Crippen molar-refractivity contribution in [3.63, 3.8) is 0 Å². The number of rotatable bonds is 4. The van der Waals surface area contributed by atoms with E-state index in [9.17, 15) is 13.2 Å². The van der Waals surface area contributed by atoms with Gasteiger partial charge >= 0.3 is 5.97 Å². The molecular weight excluding hydrogens is 349 g/mol. The molecule has 0 unspecified atom stereocenters. The third kappa shape index (κ3) is 3.71. The molecule has 116 valence electrons. The molecule has 5 nitrogen and oxygen atoms in total. The van der Waals surface area contributed by atoms with Crippen LogP contribution in [0.15, 0.2) is 41.3 Å². The molecule has 0 aliphatic rings. The van der Waals surface area contributed by atoms with E-state index in [1.807, 2.05) is 0 Å². The van der Waals surface area contributed by atoms with E-state index in [2.05, 4.69) is 4.72 Å². The van der Waals surface area contributed by atoms with Gasteiger partial charge in [0.1, 0.15) is 0 Å². The quantitative estimate of drug-likeness (QED) is 0.869. The van der Waals surface area contributed by atoms with Crippen molar-refractivity contribution in [2.45, 2.75) is 11.8 Å². The number of sulfonamides is 1. The van der Waals surface area contributed by atoms with E-state index in [1.54, 1.807) is 13.0 Å². The maximum Gasteiger partial charge on any atom is 0.337 e. The Labute approximate surface area is 137 Å². The minimum Gasteiger partial charge on any atom is -0.478 e. The smallest absolute Gasteiger partial charge is 0.337 e. The van der Waals surface area contributed by atoms with E-state index in [1.165, 1.54) is 30.3 Å². The average molecular weight is 360 g/mol. The van der Waals surface area contributed by atoms with Crippen LogP contribution in [0.25, 0.3) is 0 Å². The van der Waals surface area contributed by atoms with Gasteiger partial charge < -0.3 is 5.11 Å². The normalized spacial score (nSPS) is 11.2. The van der Waals surface area contributed by atoms with Gasteiger partial charge in [-0.25, -0.2) is 13.2 Å². The minimum atomic E-state index is -4.01. The van der Waals surface area contributed by atoms with E-state index >= 15 is 0 Å². The standard InChI is InChI=1S/C14H11Cl2NO4S/c1-8-2-3-12(14(18)19)13(4-8)17-22(20,21)11-6-9(15)5-10(16)7-11/h2-7,17H,1H3,(H,18,19). The van der Waals surface area contributed by atoms with Crippen LogP contribution in [-0.2, 0) is 10.0 Å². The molecule has 22 heavy (non-hydrogen) atoms. The summed E-state index contributed by atoms with van der Waals surface area (Å²) in [6.45, 7) is 1.72. The van der Waals surface area contributed by atoms with Crippen LogP contribution >= 0.6 is 23.2 Å². The summed E-state index contributed by atoms with van der Waals surface area (Å²) in [6.07, 6.45) is 0.